The van der Waals surface area contributed by atoms with Gasteiger partial charge in [-0.05, 0) is 30.3 Å². The summed E-state index contributed by atoms with van der Waals surface area (Å²) in [4.78, 5) is 31.1. The van der Waals surface area contributed by atoms with E-state index in [4.69, 9.17) is 9.47 Å². The molecule has 2 aromatic carbocycles. The Kier molecular flexibility index (Phi) is 4.05. The second kappa shape index (κ2) is 6.31. The number of carbonyl (C=O) groups excluding carboxylic acids is 2. The number of rotatable bonds is 5. The smallest absolute Gasteiger partial charge is 0.338 e. The van der Waals surface area contributed by atoms with E-state index >= 15 is 0 Å². The van der Waals surface area contributed by atoms with Crippen LogP contribution in [0.3, 0.4) is 0 Å². The van der Waals surface area contributed by atoms with Crippen LogP contribution in [0.1, 0.15) is 20.7 Å². The third-order valence-electron chi connectivity index (χ3n) is 3.38. The van der Waals surface area contributed by atoms with Crippen LogP contribution in [-0.2, 0) is 4.74 Å². The number of ketones is 1. The number of hydrogen-bond donors (Lipinski definition) is 1. The Bertz CT molecular complexity index is 870. The first kappa shape index (κ1) is 14.8. The molecule has 0 saturated heterocycles. The standard InChI is InChI=1S/C17H14N2O4/c1-22-13-4-2-3-11(7-13)16(20)9-23-17(21)12-5-6-14-15(8-12)19-10-18-14/h2-8,10H,9H2,1H3,(H,18,19). The van der Waals surface area contributed by atoms with E-state index in [2.05, 4.69) is 9.97 Å². The number of aromatic amines is 1. The Morgan fingerprint density at radius 1 is 1.13 bits per heavy atom. The molecule has 6 heteroatoms. The van der Waals surface area contributed by atoms with E-state index in [9.17, 15) is 9.59 Å². The first-order valence-electron chi connectivity index (χ1n) is 6.95. The maximum absolute atomic E-state index is 12.1. The number of nitrogens with one attached hydrogen (secondary N) is 1. The minimum atomic E-state index is -0.558. The monoisotopic (exact) mass is 310 g/mol. The number of imidazole rings is 1. The lowest BCUT2D eigenvalue weighted by molar-refractivity contribution is 0.0475. The van der Waals surface area contributed by atoms with E-state index in [1.807, 2.05) is 0 Å². The van der Waals surface area contributed by atoms with Gasteiger partial charge in [0.1, 0.15) is 5.75 Å². The predicted octanol–water partition coefficient (Wildman–Crippen LogP) is 2.61. The highest BCUT2D eigenvalue weighted by atomic mass is 16.5. The second-order valence-corrected chi connectivity index (χ2v) is 4.87. The highest BCUT2D eigenvalue weighted by Gasteiger charge is 2.13. The van der Waals surface area contributed by atoms with Gasteiger partial charge in [0, 0.05) is 5.56 Å². The van der Waals surface area contributed by atoms with Gasteiger partial charge in [-0.2, -0.15) is 0 Å². The second-order valence-electron chi connectivity index (χ2n) is 4.87. The first-order chi connectivity index (χ1) is 11.2. The molecule has 6 nitrogen and oxygen atoms in total. The zero-order valence-corrected chi connectivity index (χ0v) is 12.4. The van der Waals surface area contributed by atoms with Crippen LogP contribution in [0, 0.1) is 0 Å². The molecule has 116 valence electrons. The molecular formula is C17H14N2O4. The normalized spacial score (nSPS) is 10.5. The number of ether oxygens (including phenoxy) is 2. The Morgan fingerprint density at radius 3 is 2.83 bits per heavy atom. The van der Waals surface area contributed by atoms with E-state index in [-0.39, 0.29) is 12.4 Å². The summed E-state index contributed by atoms with van der Waals surface area (Å²) in [6, 6.07) is 11.7. The highest BCUT2D eigenvalue weighted by Crippen LogP contribution is 2.15. The lowest BCUT2D eigenvalue weighted by atomic mass is 10.1. The minimum absolute atomic E-state index is 0.292. The molecule has 0 aliphatic heterocycles. The lowest BCUT2D eigenvalue weighted by Crippen LogP contribution is -2.14. The van der Waals surface area contributed by atoms with Crippen molar-refractivity contribution in [2.75, 3.05) is 13.7 Å². The Morgan fingerprint density at radius 2 is 2.00 bits per heavy atom. The number of methoxy groups -OCH3 is 1. The number of aromatic nitrogens is 2. The van der Waals surface area contributed by atoms with Crippen LogP contribution in [-0.4, -0.2) is 35.4 Å². The van der Waals surface area contributed by atoms with Crippen LogP contribution in [0.2, 0.25) is 0 Å². The maximum Gasteiger partial charge on any atom is 0.338 e. The Balaban J connectivity index is 1.66. The molecule has 0 aliphatic carbocycles. The third kappa shape index (κ3) is 3.21. The Hall–Kier alpha value is -3.15. The third-order valence-corrected chi connectivity index (χ3v) is 3.38. The van der Waals surface area contributed by atoms with Gasteiger partial charge in [0.05, 0.1) is 30.0 Å². The number of fused-ring (bicyclic) bond motifs is 1. The summed E-state index contributed by atoms with van der Waals surface area (Å²) in [5.41, 5.74) is 2.29. The number of esters is 1. The first-order valence-corrected chi connectivity index (χ1v) is 6.95. The van der Waals surface area contributed by atoms with Crippen LogP contribution in [0.25, 0.3) is 11.0 Å². The van der Waals surface area contributed by atoms with Crippen LogP contribution >= 0.6 is 0 Å². The quantitative estimate of drug-likeness (QED) is 0.578. The number of Topliss-reactive ketones (excluding diaryl/α,β-unsaturated/α-hetero) is 1. The zero-order valence-electron chi connectivity index (χ0n) is 12.4. The molecule has 0 atom stereocenters. The molecule has 0 unspecified atom stereocenters. The van der Waals surface area contributed by atoms with Gasteiger partial charge in [-0.15, -0.1) is 0 Å². The van der Waals surface area contributed by atoms with Gasteiger partial charge >= 0.3 is 5.97 Å². The van der Waals surface area contributed by atoms with Gasteiger partial charge in [0.2, 0.25) is 0 Å². The summed E-state index contributed by atoms with van der Waals surface area (Å²) < 4.78 is 10.1. The molecule has 1 heterocycles. The van der Waals surface area contributed by atoms with Gasteiger partial charge in [-0.3, -0.25) is 4.79 Å². The molecule has 0 bridgehead atoms. The molecule has 0 saturated carbocycles. The number of hydrogen-bond acceptors (Lipinski definition) is 5. The molecule has 0 radical (unpaired) electrons. The van der Waals surface area contributed by atoms with Crippen LogP contribution in [0.15, 0.2) is 48.8 Å². The summed E-state index contributed by atoms with van der Waals surface area (Å²) in [6.07, 6.45) is 1.55. The average Bonchev–Trinajstić information content (AvgIpc) is 3.07. The topological polar surface area (TPSA) is 81.3 Å². The minimum Gasteiger partial charge on any atom is -0.497 e. The van der Waals surface area contributed by atoms with Gasteiger partial charge in [-0.25, -0.2) is 9.78 Å². The van der Waals surface area contributed by atoms with Crippen molar-refractivity contribution < 1.29 is 19.1 Å². The van der Waals surface area contributed by atoms with Gasteiger partial charge in [-0.1, -0.05) is 12.1 Å². The molecule has 3 rings (SSSR count). The molecule has 1 N–H and O–H groups in total. The van der Waals surface area contributed by atoms with E-state index < -0.39 is 5.97 Å². The number of nitrogens with zero attached hydrogens (tertiary/aromatic N) is 1. The molecule has 0 amide bonds. The van der Waals surface area contributed by atoms with Crippen molar-refractivity contribution in [3.63, 3.8) is 0 Å². The SMILES string of the molecule is COc1cccc(C(=O)COC(=O)c2ccc3nc[nH]c3c2)c1. The fourth-order valence-electron chi connectivity index (χ4n) is 2.16. The summed E-state index contributed by atoms with van der Waals surface area (Å²) in [7, 11) is 1.52. The highest BCUT2D eigenvalue weighted by molar-refractivity contribution is 6.00. The lowest BCUT2D eigenvalue weighted by Gasteiger charge is -2.06. The van der Waals surface area contributed by atoms with E-state index in [1.54, 1.807) is 48.8 Å². The summed E-state index contributed by atoms with van der Waals surface area (Å²) >= 11 is 0. The van der Waals surface area contributed by atoms with E-state index in [0.29, 0.717) is 16.9 Å². The van der Waals surface area contributed by atoms with Crippen molar-refractivity contribution in [3.8, 4) is 5.75 Å². The van der Waals surface area contributed by atoms with Crippen molar-refractivity contribution in [2.45, 2.75) is 0 Å². The predicted molar refractivity (Wildman–Crippen MR) is 83.7 cm³/mol. The van der Waals surface area contributed by atoms with E-state index in [0.717, 1.165) is 11.0 Å². The van der Waals surface area contributed by atoms with Crippen molar-refractivity contribution in [1.82, 2.24) is 9.97 Å². The van der Waals surface area contributed by atoms with Crippen molar-refractivity contribution >= 4 is 22.8 Å². The van der Waals surface area contributed by atoms with Gasteiger partial charge in [0.15, 0.2) is 12.4 Å². The van der Waals surface area contributed by atoms with Crippen molar-refractivity contribution in [3.05, 3.63) is 59.9 Å². The number of benzene rings is 2. The zero-order chi connectivity index (χ0) is 16.2. The van der Waals surface area contributed by atoms with Crippen LogP contribution in [0.4, 0.5) is 0 Å². The van der Waals surface area contributed by atoms with Gasteiger partial charge < -0.3 is 14.5 Å². The summed E-state index contributed by atoms with van der Waals surface area (Å²) in [5, 5.41) is 0. The maximum atomic E-state index is 12.1. The number of carbonyl (C=O) groups is 2. The Labute approximate surface area is 132 Å². The van der Waals surface area contributed by atoms with Crippen LogP contribution < -0.4 is 4.74 Å². The molecule has 3 aromatic rings. The molecule has 0 spiro atoms. The molecule has 23 heavy (non-hydrogen) atoms. The van der Waals surface area contributed by atoms with Crippen molar-refractivity contribution in [2.24, 2.45) is 0 Å². The van der Waals surface area contributed by atoms with Crippen LogP contribution in [0.5, 0.6) is 5.75 Å². The fourth-order valence-corrected chi connectivity index (χ4v) is 2.16. The van der Waals surface area contributed by atoms with Crippen molar-refractivity contribution in [1.29, 1.82) is 0 Å². The molecular weight excluding hydrogens is 296 g/mol. The average molecular weight is 310 g/mol. The largest absolute Gasteiger partial charge is 0.497 e. The molecule has 1 aromatic heterocycles. The molecule has 0 aliphatic rings. The summed E-state index contributed by atoms with van der Waals surface area (Å²) in [6.45, 7) is -0.326. The number of H-pyrrole nitrogens is 1. The van der Waals surface area contributed by atoms with E-state index in [1.165, 1.54) is 7.11 Å². The fraction of sp³-hybridized carbons (Fsp3) is 0.118. The van der Waals surface area contributed by atoms with Gasteiger partial charge in [0.25, 0.3) is 0 Å². The molecule has 0 fully saturated rings. The summed E-state index contributed by atoms with van der Waals surface area (Å²) in [5.74, 6) is -0.274.